The zero-order valence-corrected chi connectivity index (χ0v) is 11.5. The van der Waals surface area contributed by atoms with Gasteiger partial charge in [0.1, 0.15) is 0 Å². The first-order valence-electron chi connectivity index (χ1n) is 6.54. The number of hydrogen-bond acceptors (Lipinski definition) is 2. The van der Waals surface area contributed by atoms with Gasteiger partial charge in [-0.15, -0.1) is 0 Å². The molecule has 1 fully saturated rings. The molecule has 1 unspecified atom stereocenters. The quantitative estimate of drug-likeness (QED) is 0.806. The topological polar surface area (TPSA) is 29.3 Å². The first-order chi connectivity index (χ1) is 7.94. The molecule has 0 aliphatic carbocycles. The van der Waals surface area contributed by atoms with E-state index in [2.05, 4.69) is 50.8 Å². The van der Waals surface area contributed by atoms with Crippen molar-refractivity contribution in [2.75, 3.05) is 11.4 Å². The summed E-state index contributed by atoms with van der Waals surface area (Å²) in [5, 5.41) is 0. The average Bonchev–Trinajstić information content (AvgIpc) is 2.27. The van der Waals surface area contributed by atoms with Crippen LogP contribution in [0.2, 0.25) is 0 Å². The monoisotopic (exact) mass is 232 g/mol. The third-order valence-corrected chi connectivity index (χ3v) is 4.37. The maximum absolute atomic E-state index is 6.29. The van der Waals surface area contributed by atoms with Crippen molar-refractivity contribution < 1.29 is 0 Å². The fourth-order valence-electron chi connectivity index (χ4n) is 2.77. The van der Waals surface area contributed by atoms with Crippen molar-refractivity contribution in [2.24, 2.45) is 5.73 Å². The van der Waals surface area contributed by atoms with Gasteiger partial charge in [0.2, 0.25) is 0 Å². The maximum atomic E-state index is 6.29. The van der Waals surface area contributed by atoms with Crippen LogP contribution >= 0.6 is 0 Å². The van der Waals surface area contributed by atoms with Gasteiger partial charge < -0.3 is 10.6 Å². The summed E-state index contributed by atoms with van der Waals surface area (Å²) in [5.41, 5.74) is 10.4. The zero-order valence-electron chi connectivity index (χ0n) is 11.5. The standard InChI is InChI=1S/C15H24N2/c1-11-7-5-8-13(12(11)2)17-10-6-9-14(16)15(17,3)4/h5,7-8,14H,6,9-10,16H2,1-4H3. The molecule has 2 heteroatoms. The van der Waals surface area contributed by atoms with Gasteiger partial charge in [-0.25, -0.2) is 0 Å². The number of rotatable bonds is 1. The number of hydrogen-bond donors (Lipinski definition) is 1. The molecular weight excluding hydrogens is 208 g/mol. The van der Waals surface area contributed by atoms with Gasteiger partial charge in [-0.05, 0) is 57.7 Å². The predicted octanol–water partition coefficient (Wildman–Crippen LogP) is 3.01. The van der Waals surface area contributed by atoms with Crippen molar-refractivity contribution >= 4 is 5.69 Å². The molecule has 1 heterocycles. The summed E-state index contributed by atoms with van der Waals surface area (Å²) >= 11 is 0. The Morgan fingerprint density at radius 2 is 2.00 bits per heavy atom. The van der Waals surface area contributed by atoms with Crippen molar-refractivity contribution in [3.05, 3.63) is 29.3 Å². The zero-order chi connectivity index (χ0) is 12.6. The maximum Gasteiger partial charge on any atom is 0.0496 e. The second-order valence-electron chi connectivity index (χ2n) is 5.77. The molecule has 0 spiro atoms. The Kier molecular flexibility index (Phi) is 3.17. The second kappa shape index (κ2) is 4.34. The molecule has 1 aliphatic heterocycles. The minimum Gasteiger partial charge on any atom is -0.365 e. The molecule has 17 heavy (non-hydrogen) atoms. The first-order valence-corrected chi connectivity index (χ1v) is 6.54. The van der Waals surface area contributed by atoms with Gasteiger partial charge in [-0.3, -0.25) is 0 Å². The fourth-order valence-corrected chi connectivity index (χ4v) is 2.77. The van der Waals surface area contributed by atoms with Crippen LogP contribution in [0.5, 0.6) is 0 Å². The summed E-state index contributed by atoms with van der Waals surface area (Å²) in [6.45, 7) is 10.0. The lowest BCUT2D eigenvalue weighted by Crippen LogP contribution is -2.60. The van der Waals surface area contributed by atoms with Crippen LogP contribution in [0.4, 0.5) is 5.69 Å². The molecule has 0 bridgehead atoms. The van der Waals surface area contributed by atoms with E-state index in [1.54, 1.807) is 0 Å². The molecular formula is C15H24N2. The molecule has 94 valence electrons. The average molecular weight is 232 g/mol. The van der Waals surface area contributed by atoms with Crippen LogP contribution in [0.15, 0.2) is 18.2 Å². The third kappa shape index (κ3) is 2.06. The highest BCUT2D eigenvalue weighted by Gasteiger charge is 2.36. The van der Waals surface area contributed by atoms with Gasteiger partial charge in [0.25, 0.3) is 0 Å². The summed E-state index contributed by atoms with van der Waals surface area (Å²) in [6, 6.07) is 6.81. The third-order valence-electron chi connectivity index (χ3n) is 4.37. The lowest BCUT2D eigenvalue weighted by Gasteiger charge is -2.48. The van der Waals surface area contributed by atoms with Crippen LogP contribution in [0.1, 0.15) is 37.8 Å². The Hall–Kier alpha value is -1.02. The molecule has 1 aromatic rings. The van der Waals surface area contributed by atoms with Gasteiger partial charge in [-0.2, -0.15) is 0 Å². The van der Waals surface area contributed by atoms with E-state index in [0.29, 0.717) is 0 Å². The second-order valence-corrected chi connectivity index (χ2v) is 5.77. The highest BCUT2D eigenvalue weighted by molar-refractivity contribution is 5.58. The minimum absolute atomic E-state index is 0.0524. The van der Waals surface area contributed by atoms with Crippen molar-refractivity contribution in [1.29, 1.82) is 0 Å². The normalized spacial score (nSPS) is 23.8. The number of nitrogens with two attached hydrogens (primary N) is 1. The molecule has 2 nitrogen and oxygen atoms in total. The Balaban J connectivity index is 2.42. The van der Waals surface area contributed by atoms with Crippen LogP contribution in [0.25, 0.3) is 0 Å². The predicted molar refractivity (Wildman–Crippen MR) is 74.6 cm³/mol. The molecule has 1 atom stereocenters. The van der Waals surface area contributed by atoms with Crippen molar-refractivity contribution in [3.63, 3.8) is 0 Å². The van der Waals surface area contributed by atoms with Crippen molar-refractivity contribution in [2.45, 2.75) is 52.1 Å². The van der Waals surface area contributed by atoms with Gasteiger partial charge in [0, 0.05) is 23.8 Å². The molecule has 1 aliphatic rings. The summed E-state index contributed by atoms with van der Waals surface area (Å²) < 4.78 is 0. The molecule has 1 aromatic carbocycles. The van der Waals surface area contributed by atoms with Crippen molar-refractivity contribution in [3.8, 4) is 0 Å². The summed E-state index contributed by atoms with van der Waals surface area (Å²) in [6.07, 6.45) is 2.33. The van der Waals surface area contributed by atoms with E-state index in [9.17, 15) is 0 Å². The highest BCUT2D eigenvalue weighted by atomic mass is 15.2. The molecule has 0 aromatic heterocycles. The molecule has 1 saturated heterocycles. The van der Waals surface area contributed by atoms with E-state index < -0.39 is 0 Å². The Morgan fingerprint density at radius 1 is 1.29 bits per heavy atom. The lowest BCUT2D eigenvalue weighted by atomic mass is 9.84. The lowest BCUT2D eigenvalue weighted by molar-refractivity contribution is 0.309. The van der Waals surface area contributed by atoms with Gasteiger partial charge in [-0.1, -0.05) is 12.1 Å². The number of piperidine rings is 1. The van der Waals surface area contributed by atoms with Crippen LogP contribution < -0.4 is 10.6 Å². The van der Waals surface area contributed by atoms with E-state index in [1.165, 1.54) is 23.2 Å². The number of benzene rings is 1. The number of nitrogens with zero attached hydrogens (tertiary/aromatic N) is 1. The largest absolute Gasteiger partial charge is 0.365 e. The fraction of sp³-hybridized carbons (Fsp3) is 0.600. The van der Waals surface area contributed by atoms with E-state index in [0.717, 1.165) is 13.0 Å². The highest BCUT2D eigenvalue weighted by Crippen LogP contribution is 2.34. The van der Waals surface area contributed by atoms with E-state index >= 15 is 0 Å². The molecule has 0 amide bonds. The summed E-state index contributed by atoms with van der Waals surface area (Å²) in [7, 11) is 0. The Morgan fingerprint density at radius 3 is 2.71 bits per heavy atom. The Labute approximate surface area is 105 Å². The summed E-state index contributed by atoms with van der Waals surface area (Å²) in [4.78, 5) is 2.49. The van der Waals surface area contributed by atoms with Gasteiger partial charge in [0.15, 0.2) is 0 Å². The Bertz CT molecular complexity index is 409. The van der Waals surface area contributed by atoms with E-state index in [4.69, 9.17) is 5.73 Å². The number of anilines is 1. The minimum atomic E-state index is 0.0524. The van der Waals surface area contributed by atoms with E-state index in [-0.39, 0.29) is 11.6 Å². The van der Waals surface area contributed by atoms with E-state index in [1.807, 2.05) is 0 Å². The van der Waals surface area contributed by atoms with Crippen LogP contribution in [-0.2, 0) is 0 Å². The van der Waals surface area contributed by atoms with Gasteiger partial charge in [0.05, 0.1) is 0 Å². The summed E-state index contributed by atoms with van der Waals surface area (Å²) in [5.74, 6) is 0. The molecule has 0 saturated carbocycles. The first kappa shape index (κ1) is 12.4. The molecule has 0 radical (unpaired) electrons. The SMILES string of the molecule is Cc1cccc(N2CCCC(N)C2(C)C)c1C. The van der Waals surface area contributed by atoms with Crippen LogP contribution in [0, 0.1) is 13.8 Å². The number of aryl methyl sites for hydroxylation is 1. The smallest absolute Gasteiger partial charge is 0.0496 e. The van der Waals surface area contributed by atoms with Crippen LogP contribution in [0.3, 0.4) is 0 Å². The molecule has 2 N–H and O–H groups in total. The van der Waals surface area contributed by atoms with Crippen molar-refractivity contribution in [1.82, 2.24) is 0 Å². The van der Waals surface area contributed by atoms with Gasteiger partial charge >= 0.3 is 0 Å². The molecule has 2 rings (SSSR count). The van der Waals surface area contributed by atoms with Crippen LogP contribution in [-0.4, -0.2) is 18.1 Å².